The Bertz CT molecular complexity index is 493. The Labute approximate surface area is 112 Å². The smallest absolute Gasteiger partial charge is 0.254 e. The van der Waals surface area contributed by atoms with Gasteiger partial charge in [-0.25, -0.2) is 0 Å². The average molecular weight is 262 g/mol. The van der Waals surface area contributed by atoms with Crippen LogP contribution >= 0.6 is 0 Å². The van der Waals surface area contributed by atoms with Crippen molar-refractivity contribution in [3.63, 3.8) is 0 Å². The van der Waals surface area contributed by atoms with Crippen molar-refractivity contribution >= 4 is 5.91 Å². The molecule has 2 atom stereocenters. The van der Waals surface area contributed by atoms with E-state index >= 15 is 0 Å². The molecule has 102 valence electrons. The quantitative estimate of drug-likeness (QED) is 0.827. The summed E-state index contributed by atoms with van der Waals surface area (Å²) in [5.41, 5.74) is 0.657. The van der Waals surface area contributed by atoms with Gasteiger partial charge in [0.05, 0.1) is 0 Å². The van der Waals surface area contributed by atoms with Gasteiger partial charge in [-0.05, 0) is 32.0 Å². The second kappa shape index (κ2) is 4.74. The molecule has 2 heterocycles. The number of carbonyl (C=O) groups excluding carboxylic acids is 1. The molecule has 2 aliphatic rings. The van der Waals surface area contributed by atoms with Crippen molar-refractivity contribution in [3.8, 4) is 11.5 Å². The van der Waals surface area contributed by atoms with Crippen molar-refractivity contribution < 1.29 is 14.3 Å². The summed E-state index contributed by atoms with van der Waals surface area (Å²) in [7, 11) is 0. The van der Waals surface area contributed by atoms with E-state index in [1.807, 2.05) is 4.90 Å². The molecular weight excluding hydrogens is 244 g/mol. The van der Waals surface area contributed by atoms with Crippen LogP contribution < -0.4 is 14.8 Å². The number of carbonyl (C=O) groups is 1. The molecule has 1 fully saturated rings. The Balaban J connectivity index is 1.86. The number of amides is 1. The molecule has 0 aliphatic carbocycles. The Kier molecular flexibility index (Phi) is 3.06. The molecule has 2 aliphatic heterocycles. The standard InChI is InChI=1S/C14H18N2O3/c1-9-6-15-7-10(2)16(9)14(17)11-3-4-12-13(5-11)19-8-18-12/h3-5,9-10,15H,6-8H2,1-2H3. The Morgan fingerprint density at radius 1 is 1.21 bits per heavy atom. The monoisotopic (exact) mass is 262 g/mol. The molecule has 5 nitrogen and oxygen atoms in total. The first-order chi connectivity index (χ1) is 9.16. The summed E-state index contributed by atoms with van der Waals surface area (Å²) >= 11 is 0. The van der Waals surface area contributed by atoms with Gasteiger partial charge in [-0.15, -0.1) is 0 Å². The number of fused-ring (bicyclic) bond motifs is 1. The third-order valence-electron chi connectivity index (χ3n) is 3.68. The maximum atomic E-state index is 12.6. The summed E-state index contributed by atoms with van der Waals surface area (Å²) in [4.78, 5) is 14.6. The highest BCUT2D eigenvalue weighted by Gasteiger charge is 2.30. The molecule has 0 spiro atoms. The van der Waals surface area contributed by atoms with Crippen molar-refractivity contribution in [2.24, 2.45) is 0 Å². The summed E-state index contributed by atoms with van der Waals surface area (Å²) in [6.07, 6.45) is 0. The molecule has 0 saturated carbocycles. The lowest BCUT2D eigenvalue weighted by atomic mass is 10.1. The van der Waals surface area contributed by atoms with Crippen molar-refractivity contribution in [2.45, 2.75) is 25.9 Å². The lowest BCUT2D eigenvalue weighted by Gasteiger charge is -2.39. The van der Waals surface area contributed by atoms with Crippen LogP contribution in [0.25, 0.3) is 0 Å². The molecule has 5 heteroatoms. The molecule has 0 radical (unpaired) electrons. The molecule has 1 aromatic carbocycles. The van der Waals surface area contributed by atoms with Gasteiger partial charge in [-0.1, -0.05) is 0 Å². The SMILES string of the molecule is CC1CNCC(C)N1C(=O)c1ccc2c(c1)OCO2. The average Bonchev–Trinajstić information content (AvgIpc) is 2.85. The molecule has 19 heavy (non-hydrogen) atoms. The second-order valence-corrected chi connectivity index (χ2v) is 5.14. The third kappa shape index (κ3) is 2.14. The summed E-state index contributed by atoms with van der Waals surface area (Å²) in [6, 6.07) is 5.76. The van der Waals surface area contributed by atoms with Crippen molar-refractivity contribution in [1.82, 2.24) is 10.2 Å². The van der Waals surface area contributed by atoms with E-state index in [2.05, 4.69) is 19.2 Å². The summed E-state index contributed by atoms with van der Waals surface area (Å²) in [6.45, 7) is 6.02. The number of nitrogens with one attached hydrogen (secondary N) is 1. The van der Waals surface area contributed by atoms with Gasteiger partial charge in [0.15, 0.2) is 11.5 Å². The van der Waals surface area contributed by atoms with E-state index in [1.54, 1.807) is 18.2 Å². The highest BCUT2D eigenvalue weighted by molar-refractivity contribution is 5.95. The zero-order chi connectivity index (χ0) is 13.4. The molecule has 1 N–H and O–H groups in total. The largest absolute Gasteiger partial charge is 0.454 e. The van der Waals surface area contributed by atoms with Crippen LogP contribution in [-0.2, 0) is 0 Å². The van der Waals surface area contributed by atoms with Crippen LogP contribution in [0.2, 0.25) is 0 Å². The van der Waals surface area contributed by atoms with Gasteiger partial charge >= 0.3 is 0 Å². The van der Waals surface area contributed by atoms with Crippen LogP contribution in [0.15, 0.2) is 18.2 Å². The van der Waals surface area contributed by atoms with Crippen LogP contribution in [0.1, 0.15) is 24.2 Å². The van der Waals surface area contributed by atoms with E-state index < -0.39 is 0 Å². The third-order valence-corrected chi connectivity index (χ3v) is 3.68. The molecular formula is C14H18N2O3. The van der Waals surface area contributed by atoms with E-state index in [0.29, 0.717) is 17.1 Å². The molecule has 1 aromatic rings. The van der Waals surface area contributed by atoms with Crippen LogP contribution in [0.3, 0.4) is 0 Å². The van der Waals surface area contributed by atoms with Crippen molar-refractivity contribution in [2.75, 3.05) is 19.9 Å². The molecule has 2 unspecified atom stereocenters. The van der Waals surface area contributed by atoms with E-state index in [9.17, 15) is 4.79 Å². The Hall–Kier alpha value is -1.75. The van der Waals surface area contributed by atoms with Crippen LogP contribution in [0.4, 0.5) is 0 Å². The van der Waals surface area contributed by atoms with Gasteiger partial charge < -0.3 is 19.7 Å². The topological polar surface area (TPSA) is 50.8 Å². The number of hydrogen-bond donors (Lipinski definition) is 1. The minimum atomic E-state index is 0.0554. The maximum Gasteiger partial charge on any atom is 0.254 e. The van der Waals surface area contributed by atoms with E-state index in [4.69, 9.17) is 9.47 Å². The summed E-state index contributed by atoms with van der Waals surface area (Å²) < 4.78 is 10.6. The number of nitrogens with zero attached hydrogens (tertiary/aromatic N) is 1. The fraction of sp³-hybridized carbons (Fsp3) is 0.500. The Morgan fingerprint density at radius 2 is 1.89 bits per heavy atom. The second-order valence-electron chi connectivity index (χ2n) is 5.14. The molecule has 0 bridgehead atoms. The normalized spacial score (nSPS) is 25.5. The summed E-state index contributed by atoms with van der Waals surface area (Å²) in [5, 5.41) is 3.32. The van der Waals surface area contributed by atoms with Gasteiger partial charge in [0, 0.05) is 30.7 Å². The molecule has 1 amide bonds. The number of ether oxygens (including phenoxy) is 2. The first-order valence-corrected chi connectivity index (χ1v) is 6.60. The number of benzene rings is 1. The van der Waals surface area contributed by atoms with Gasteiger partial charge in [0.2, 0.25) is 6.79 Å². The lowest BCUT2D eigenvalue weighted by molar-refractivity contribution is 0.0544. The van der Waals surface area contributed by atoms with Gasteiger partial charge in [0.25, 0.3) is 5.91 Å². The number of rotatable bonds is 1. The fourth-order valence-electron chi connectivity index (χ4n) is 2.71. The van der Waals surface area contributed by atoms with Gasteiger partial charge in [0.1, 0.15) is 0 Å². The van der Waals surface area contributed by atoms with Crippen molar-refractivity contribution in [3.05, 3.63) is 23.8 Å². The highest BCUT2D eigenvalue weighted by atomic mass is 16.7. The Morgan fingerprint density at radius 3 is 2.63 bits per heavy atom. The molecule has 0 aromatic heterocycles. The maximum absolute atomic E-state index is 12.6. The minimum absolute atomic E-state index is 0.0554. The van der Waals surface area contributed by atoms with Crippen LogP contribution in [-0.4, -0.2) is 42.8 Å². The predicted molar refractivity (Wildman–Crippen MR) is 70.5 cm³/mol. The van der Waals surface area contributed by atoms with E-state index in [-0.39, 0.29) is 24.8 Å². The van der Waals surface area contributed by atoms with Crippen molar-refractivity contribution in [1.29, 1.82) is 0 Å². The van der Waals surface area contributed by atoms with Crippen LogP contribution in [0.5, 0.6) is 11.5 Å². The first kappa shape index (κ1) is 12.3. The van der Waals surface area contributed by atoms with E-state index in [1.165, 1.54) is 0 Å². The zero-order valence-electron chi connectivity index (χ0n) is 11.2. The number of piperazine rings is 1. The first-order valence-electron chi connectivity index (χ1n) is 6.60. The molecule has 1 saturated heterocycles. The lowest BCUT2D eigenvalue weighted by Crippen LogP contribution is -2.57. The van der Waals surface area contributed by atoms with Gasteiger partial charge in [-0.3, -0.25) is 4.79 Å². The summed E-state index contributed by atoms with van der Waals surface area (Å²) in [5.74, 6) is 1.42. The molecule has 3 rings (SSSR count). The zero-order valence-corrected chi connectivity index (χ0v) is 11.2. The van der Waals surface area contributed by atoms with Crippen LogP contribution in [0, 0.1) is 0 Å². The number of hydrogen-bond acceptors (Lipinski definition) is 4. The van der Waals surface area contributed by atoms with E-state index in [0.717, 1.165) is 13.1 Å². The highest BCUT2D eigenvalue weighted by Crippen LogP contribution is 2.33. The van der Waals surface area contributed by atoms with Gasteiger partial charge in [-0.2, -0.15) is 0 Å². The predicted octanol–water partition coefficient (Wildman–Crippen LogP) is 1.24. The fourth-order valence-corrected chi connectivity index (χ4v) is 2.71. The minimum Gasteiger partial charge on any atom is -0.454 e.